The van der Waals surface area contributed by atoms with Crippen LogP contribution in [0.2, 0.25) is 0 Å². The fraction of sp³-hybridized carbons (Fsp3) is 0.700. The van der Waals surface area contributed by atoms with Crippen LogP contribution in [-0.4, -0.2) is 6.29 Å². The molecule has 11 heavy (non-hydrogen) atoms. The lowest BCUT2D eigenvalue weighted by molar-refractivity contribution is -0.104. The summed E-state index contributed by atoms with van der Waals surface area (Å²) in [4.78, 5) is 9.89. The van der Waals surface area contributed by atoms with Gasteiger partial charge in [-0.15, -0.1) is 0 Å². The Bertz CT molecular complexity index is 116. The van der Waals surface area contributed by atoms with Gasteiger partial charge in [0.15, 0.2) is 0 Å². The number of allylic oxidation sites excluding steroid dienone is 2. The maximum absolute atomic E-state index is 9.89. The number of hydrogen-bond acceptors (Lipinski definition) is 1. The Balaban J connectivity index is 3.22. The van der Waals surface area contributed by atoms with E-state index in [0.29, 0.717) is 0 Å². The Morgan fingerprint density at radius 2 is 2.09 bits per heavy atom. The van der Waals surface area contributed by atoms with Crippen LogP contribution >= 0.6 is 0 Å². The molecule has 0 aliphatic rings. The second kappa shape index (κ2) is 7.52. The van der Waals surface area contributed by atoms with E-state index in [9.17, 15) is 4.79 Å². The van der Waals surface area contributed by atoms with E-state index >= 15 is 0 Å². The summed E-state index contributed by atoms with van der Waals surface area (Å²) in [6.45, 7) is 4.47. The van der Waals surface area contributed by atoms with Crippen molar-refractivity contribution in [3.8, 4) is 0 Å². The fourth-order valence-corrected chi connectivity index (χ4v) is 1.17. The molecule has 0 rings (SSSR count). The lowest BCUT2D eigenvalue weighted by atomic mass is 10.0. The molecule has 0 aromatic rings. The molecule has 0 saturated heterocycles. The fourth-order valence-electron chi connectivity index (χ4n) is 1.17. The van der Waals surface area contributed by atoms with Crippen molar-refractivity contribution < 1.29 is 4.79 Å². The first-order valence-corrected chi connectivity index (χ1v) is 4.41. The van der Waals surface area contributed by atoms with E-state index in [1.165, 1.54) is 19.3 Å². The van der Waals surface area contributed by atoms with Crippen LogP contribution in [0.25, 0.3) is 0 Å². The van der Waals surface area contributed by atoms with Crippen molar-refractivity contribution in [2.75, 3.05) is 0 Å². The van der Waals surface area contributed by atoms with E-state index in [1.807, 2.05) is 6.08 Å². The molecule has 0 radical (unpaired) electrons. The predicted molar refractivity (Wildman–Crippen MR) is 48.5 cm³/mol. The Labute approximate surface area is 69.5 Å². The van der Waals surface area contributed by atoms with Gasteiger partial charge in [0, 0.05) is 0 Å². The molecule has 0 spiro atoms. The molecular weight excluding hydrogens is 136 g/mol. The molecule has 1 heteroatoms. The van der Waals surface area contributed by atoms with E-state index in [1.54, 1.807) is 6.08 Å². The summed E-state index contributed by atoms with van der Waals surface area (Å²) in [5.74, 6) is 0.802. The Hall–Kier alpha value is -0.590. The number of aldehydes is 1. The van der Waals surface area contributed by atoms with E-state index < -0.39 is 0 Å². The largest absolute Gasteiger partial charge is 0.299 e. The van der Waals surface area contributed by atoms with Crippen LogP contribution in [0.4, 0.5) is 0 Å². The highest BCUT2D eigenvalue weighted by molar-refractivity contribution is 5.64. The summed E-state index contributed by atoms with van der Waals surface area (Å²) in [6, 6.07) is 0. The monoisotopic (exact) mass is 154 g/mol. The molecule has 0 aliphatic carbocycles. The highest BCUT2D eigenvalue weighted by Crippen LogP contribution is 2.11. The Kier molecular flexibility index (Phi) is 7.11. The first-order chi connectivity index (χ1) is 5.31. The van der Waals surface area contributed by atoms with Gasteiger partial charge < -0.3 is 0 Å². The molecule has 0 aromatic carbocycles. The zero-order chi connectivity index (χ0) is 8.53. The van der Waals surface area contributed by atoms with Crippen LogP contribution in [0.15, 0.2) is 12.2 Å². The van der Waals surface area contributed by atoms with E-state index in [0.717, 1.165) is 18.6 Å². The van der Waals surface area contributed by atoms with Crippen LogP contribution in [-0.2, 0) is 4.79 Å². The van der Waals surface area contributed by atoms with Gasteiger partial charge >= 0.3 is 0 Å². The van der Waals surface area contributed by atoms with Gasteiger partial charge in [-0.1, -0.05) is 32.8 Å². The summed E-state index contributed by atoms with van der Waals surface area (Å²) >= 11 is 0. The minimum atomic E-state index is 0.802. The van der Waals surface area contributed by atoms with Crippen molar-refractivity contribution in [2.45, 2.75) is 39.5 Å². The standard InChI is InChI=1S/C10H18O/c1-3-7-10(2)8-5-4-6-9-11/h4,6,9-10H,3,5,7-8H2,1-2H3. The molecule has 0 aliphatic heterocycles. The molecule has 0 fully saturated rings. The van der Waals surface area contributed by atoms with Crippen molar-refractivity contribution in [1.82, 2.24) is 0 Å². The van der Waals surface area contributed by atoms with Crippen molar-refractivity contribution in [3.63, 3.8) is 0 Å². The third kappa shape index (κ3) is 7.31. The first kappa shape index (κ1) is 10.4. The normalized spacial score (nSPS) is 13.6. The molecule has 1 nitrogen and oxygen atoms in total. The Morgan fingerprint density at radius 1 is 1.36 bits per heavy atom. The molecular formula is C10H18O. The van der Waals surface area contributed by atoms with Gasteiger partial charge in [-0.3, -0.25) is 4.79 Å². The molecule has 64 valence electrons. The Morgan fingerprint density at radius 3 is 2.64 bits per heavy atom. The predicted octanol–water partition coefficient (Wildman–Crippen LogP) is 2.96. The maximum Gasteiger partial charge on any atom is 0.142 e. The molecule has 1 unspecified atom stereocenters. The van der Waals surface area contributed by atoms with Crippen LogP contribution in [0.3, 0.4) is 0 Å². The van der Waals surface area contributed by atoms with E-state index in [-0.39, 0.29) is 0 Å². The van der Waals surface area contributed by atoms with Gasteiger partial charge in [0.1, 0.15) is 6.29 Å². The molecule has 0 aromatic heterocycles. The van der Waals surface area contributed by atoms with Gasteiger partial charge in [-0.2, -0.15) is 0 Å². The third-order valence-electron chi connectivity index (χ3n) is 1.82. The van der Waals surface area contributed by atoms with Crippen LogP contribution in [0.1, 0.15) is 39.5 Å². The molecule has 0 saturated carbocycles. The first-order valence-electron chi connectivity index (χ1n) is 4.41. The van der Waals surface area contributed by atoms with Gasteiger partial charge in [0.05, 0.1) is 0 Å². The van der Waals surface area contributed by atoms with Crippen molar-refractivity contribution in [1.29, 1.82) is 0 Å². The summed E-state index contributed by atoms with van der Waals surface area (Å²) in [5, 5.41) is 0. The van der Waals surface area contributed by atoms with Crippen molar-refractivity contribution >= 4 is 6.29 Å². The summed E-state index contributed by atoms with van der Waals surface area (Å²) < 4.78 is 0. The molecule has 0 heterocycles. The number of hydrogen-bond donors (Lipinski definition) is 0. The molecule has 0 bridgehead atoms. The zero-order valence-corrected chi connectivity index (χ0v) is 7.55. The SMILES string of the molecule is CCCC(C)CCC=CC=O. The summed E-state index contributed by atoms with van der Waals surface area (Å²) in [6.07, 6.45) is 9.17. The van der Waals surface area contributed by atoms with Gasteiger partial charge in [-0.05, 0) is 24.8 Å². The van der Waals surface area contributed by atoms with Gasteiger partial charge in [0.25, 0.3) is 0 Å². The average Bonchev–Trinajstić information content (AvgIpc) is 1.99. The lowest BCUT2D eigenvalue weighted by Gasteiger charge is -2.06. The second-order valence-electron chi connectivity index (χ2n) is 3.04. The molecule has 1 atom stereocenters. The molecule has 0 amide bonds. The van der Waals surface area contributed by atoms with E-state index in [4.69, 9.17) is 0 Å². The number of carbonyl (C=O) groups excluding carboxylic acids is 1. The topological polar surface area (TPSA) is 17.1 Å². The lowest BCUT2D eigenvalue weighted by Crippen LogP contribution is -1.91. The molecule has 0 N–H and O–H groups in total. The highest BCUT2D eigenvalue weighted by atomic mass is 16.1. The zero-order valence-electron chi connectivity index (χ0n) is 7.55. The minimum Gasteiger partial charge on any atom is -0.299 e. The smallest absolute Gasteiger partial charge is 0.142 e. The highest BCUT2D eigenvalue weighted by Gasteiger charge is 1.97. The third-order valence-corrected chi connectivity index (χ3v) is 1.82. The summed E-state index contributed by atoms with van der Waals surface area (Å²) in [5.41, 5.74) is 0. The second-order valence-corrected chi connectivity index (χ2v) is 3.04. The van der Waals surface area contributed by atoms with Gasteiger partial charge in [-0.25, -0.2) is 0 Å². The number of carbonyl (C=O) groups is 1. The summed E-state index contributed by atoms with van der Waals surface area (Å²) in [7, 11) is 0. The van der Waals surface area contributed by atoms with Crippen molar-refractivity contribution in [2.24, 2.45) is 5.92 Å². The van der Waals surface area contributed by atoms with Crippen LogP contribution < -0.4 is 0 Å². The average molecular weight is 154 g/mol. The van der Waals surface area contributed by atoms with Crippen molar-refractivity contribution in [3.05, 3.63) is 12.2 Å². The van der Waals surface area contributed by atoms with Crippen LogP contribution in [0, 0.1) is 5.92 Å². The van der Waals surface area contributed by atoms with E-state index in [2.05, 4.69) is 13.8 Å². The van der Waals surface area contributed by atoms with Gasteiger partial charge in [0.2, 0.25) is 0 Å². The maximum atomic E-state index is 9.89. The minimum absolute atomic E-state index is 0.802. The quantitative estimate of drug-likeness (QED) is 0.424. The van der Waals surface area contributed by atoms with Crippen LogP contribution in [0.5, 0.6) is 0 Å². The number of rotatable bonds is 6.